The third-order valence-electron chi connectivity index (χ3n) is 2.67. The highest BCUT2D eigenvalue weighted by molar-refractivity contribution is 6.02. The van der Waals surface area contributed by atoms with Gasteiger partial charge in [0.15, 0.2) is 0 Å². The number of nitrogen functional groups attached to an aromatic ring is 1. The molecule has 8 heteroatoms. The number of rotatable bonds is 4. The summed E-state index contributed by atoms with van der Waals surface area (Å²) in [4.78, 5) is 31.8. The number of aliphatic hydroxyl groups excluding tert-OH is 1. The van der Waals surface area contributed by atoms with E-state index in [1.807, 2.05) is 0 Å². The molecule has 8 nitrogen and oxygen atoms in total. The third kappa shape index (κ3) is 2.45. The number of carbonyl (C=O) groups excluding carboxylic acids is 1. The van der Waals surface area contributed by atoms with E-state index >= 15 is 0 Å². The maximum absolute atomic E-state index is 12.1. The molecule has 0 aliphatic rings. The van der Waals surface area contributed by atoms with Crippen LogP contribution in [0.3, 0.4) is 0 Å². The first-order valence-corrected chi connectivity index (χ1v) is 6.02. The maximum Gasteiger partial charge on any atom is 0.341 e. The fourth-order valence-corrected chi connectivity index (χ4v) is 1.82. The number of aliphatic hydroxyl groups is 1. The molecule has 20 heavy (non-hydrogen) atoms. The van der Waals surface area contributed by atoms with Crippen molar-refractivity contribution in [3.8, 4) is 0 Å². The molecule has 106 valence electrons. The standard InChI is InChI=1S/C12H14N4O4/c1-2-20-11(19)8-6-16(3-4-17)10(18)7-5-14-12(13)15-9(7)8/h5-6,17H,2-4H2,1H3,(H2,13,14,15). The number of pyridine rings is 1. The van der Waals surface area contributed by atoms with Crippen molar-refractivity contribution >= 4 is 22.8 Å². The Morgan fingerprint density at radius 3 is 2.95 bits per heavy atom. The predicted octanol–water partition coefficient (Wildman–Crippen LogP) is -0.457. The lowest BCUT2D eigenvalue weighted by Crippen LogP contribution is -2.24. The number of hydrogen-bond acceptors (Lipinski definition) is 7. The molecule has 0 saturated carbocycles. The van der Waals surface area contributed by atoms with E-state index in [4.69, 9.17) is 15.6 Å². The maximum atomic E-state index is 12.1. The quantitative estimate of drug-likeness (QED) is 0.726. The Morgan fingerprint density at radius 2 is 2.30 bits per heavy atom. The number of hydrogen-bond donors (Lipinski definition) is 2. The van der Waals surface area contributed by atoms with E-state index in [0.29, 0.717) is 0 Å². The van der Waals surface area contributed by atoms with Crippen LogP contribution in [-0.4, -0.2) is 38.8 Å². The van der Waals surface area contributed by atoms with Gasteiger partial charge in [-0.05, 0) is 6.92 Å². The van der Waals surface area contributed by atoms with E-state index in [0.717, 1.165) is 0 Å². The van der Waals surface area contributed by atoms with Crippen LogP contribution in [0.4, 0.5) is 5.95 Å². The first-order chi connectivity index (χ1) is 9.58. The van der Waals surface area contributed by atoms with E-state index in [-0.39, 0.29) is 42.2 Å². The molecule has 0 radical (unpaired) electrons. The lowest BCUT2D eigenvalue weighted by molar-refractivity contribution is 0.0527. The van der Waals surface area contributed by atoms with E-state index < -0.39 is 11.5 Å². The highest BCUT2D eigenvalue weighted by Gasteiger charge is 2.17. The van der Waals surface area contributed by atoms with Crippen molar-refractivity contribution in [1.29, 1.82) is 0 Å². The Labute approximate surface area is 113 Å². The third-order valence-corrected chi connectivity index (χ3v) is 2.67. The summed E-state index contributed by atoms with van der Waals surface area (Å²) in [5.74, 6) is -0.648. The molecule has 2 aromatic rings. The smallest absolute Gasteiger partial charge is 0.341 e. The molecule has 3 N–H and O–H groups in total. The second-order valence-electron chi connectivity index (χ2n) is 3.98. The van der Waals surface area contributed by atoms with E-state index in [1.54, 1.807) is 6.92 Å². The number of aromatic nitrogens is 3. The minimum atomic E-state index is -0.609. The highest BCUT2D eigenvalue weighted by atomic mass is 16.5. The Hall–Kier alpha value is -2.48. The van der Waals surface area contributed by atoms with Gasteiger partial charge in [0.2, 0.25) is 5.95 Å². The van der Waals surface area contributed by atoms with Gasteiger partial charge in [-0.3, -0.25) is 4.79 Å². The van der Waals surface area contributed by atoms with Crippen LogP contribution in [0.25, 0.3) is 10.9 Å². The van der Waals surface area contributed by atoms with E-state index in [2.05, 4.69) is 9.97 Å². The minimum Gasteiger partial charge on any atom is -0.462 e. The Bertz CT molecular complexity index is 710. The molecule has 0 aromatic carbocycles. The topological polar surface area (TPSA) is 120 Å². The molecule has 0 unspecified atom stereocenters. The van der Waals surface area contributed by atoms with Gasteiger partial charge in [0.1, 0.15) is 5.56 Å². The van der Waals surface area contributed by atoms with Crippen molar-refractivity contribution in [3.05, 3.63) is 28.3 Å². The molecule has 0 spiro atoms. The number of esters is 1. The summed E-state index contributed by atoms with van der Waals surface area (Å²) in [7, 11) is 0. The number of anilines is 1. The summed E-state index contributed by atoms with van der Waals surface area (Å²) >= 11 is 0. The monoisotopic (exact) mass is 278 g/mol. The molecule has 0 amide bonds. The van der Waals surface area contributed by atoms with Gasteiger partial charge in [0.05, 0.1) is 24.1 Å². The zero-order valence-electron chi connectivity index (χ0n) is 10.9. The van der Waals surface area contributed by atoms with Gasteiger partial charge < -0.3 is 20.1 Å². The summed E-state index contributed by atoms with van der Waals surface area (Å²) in [6.45, 7) is 1.70. The van der Waals surface area contributed by atoms with Crippen LogP contribution in [0.15, 0.2) is 17.2 Å². The van der Waals surface area contributed by atoms with Crippen LogP contribution in [-0.2, 0) is 11.3 Å². The van der Waals surface area contributed by atoms with E-state index in [9.17, 15) is 9.59 Å². The van der Waals surface area contributed by atoms with Gasteiger partial charge in [0.25, 0.3) is 5.56 Å². The number of nitrogens with zero attached hydrogens (tertiary/aromatic N) is 3. The summed E-state index contributed by atoms with van der Waals surface area (Å²) in [6.07, 6.45) is 2.57. The molecule has 0 fully saturated rings. The van der Waals surface area contributed by atoms with Crippen molar-refractivity contribution in [3.63, 3.8) is 0 Å². The molecule has 2 rings (SSSR count). The van der Waals surface area contributed by atoms with Crippen LogP contribution >= 0.6 is 0 Å². The molecular weight excluding hydrogens is 264 g/mol. The van der Waals surface area contributed by atoms with Crippen LogP contribution < -0.4 is 11.3 Å². The molecule has 0 saturated heterocycles. The number of nitrogens with two attached hydrogens (primary N) is 1. The summed E-state index contributed by atoms with van der Waals surface area (Å²) in [5, 5.41) is 9.12. The van der Waals surface area contributed by atoms with Crippen molar-refractivity contribution in [2.45, 2.75) is 13.5 Å². The molecule has 2 aromatic heterocycles. The molecular formula is C12H14N4O4. The minimum absolute atomic E-state index is 0.0395. The van der Waals surface area contributed by atoms with Gasteiger partial charge >= 0.3 is 5.97 Å². The van der Waals surface area contributed by atoms with Crippen LogP contribution in [0.5, 0.6) is 0 Å². The van der Waals surface area contributed by atoms with Gasteiger partial charge in [0, 0.05) is 18.9 Å². The average molecular weight is 278 g/mol. The van der Waals surface area contributed by atoms with Crippen LogP contribution in [0.1, 0.15) is 17.3 Å². The second kappa shape index (κ2) is 5.66. The van der Waals surface area contributed by atoms with Crippen molar-refractivity contribution in [1.82, 2.24) is 14.5 Å². The first-order valence-electron chi connectivity index (χ1n) is 6.02. The zero-order valence-corrected chi connectivity index (χ0v) is 10.9. The molecule has 0 bridgehead atoms. The molecule has 2 heterocycles. The summed E-state index contributed by atoms with van der Waals surface area (Å²) in [5.41, 5.74) is 5.35. The van der Waals surface area contributed by atoms with Gasteiger partial charge in [-0.25, -0.2) is 14.8 Å². The number of fused-ring (bicyclic) bond motifs is 1. The summed E-state index contributed by atoms with van der Waals surface area (Å²) in [6, 6.07) is 0. The highest BCUT2D eigenvalue weighted by Crippen LogP contribution is 2.14. The molecule has 0 aliphatic carbocycles. The van der Waals surface area contributed by atoms with Crippen molar-refractivity contribution in [2.75, 3.05) is 18.9 Å². The fraction of sp³-hybridized carbons (Fsp3) is 0.333. The number of carbonyl (C=O) groups is 1. The second-order valence-corrected chi connectivity index (χ2v) is 3.98. The Morgan fingerprint density at radius 1 is 1.55 bits per heavy atom. The Balaban J connectivity index is 2.76. The number of ether oxygens (including phenoxy) is 1. The van der Waals surface area contributed by atoms with E-state index in [1.165, 1.54) is 17.0 Å². The summed E-state index contributed by atoms with van der Waals surface area (Å²) < 4.78 is 6.15. The lowest BCUT2D eigenvalue weighted by Gasteiger charge is -2.10. The van der Waals surface area contributed by atoms with Crippen molar-refractivity contribution in [2.24, 2.45) is 0 Å². The van der Waals surface area contributed by atoms with Crippen LogP contribution in [0, 0.1) is 0 Å². The average Bonchev–Trinajstić information content (AvgIpc) is 2.42. The normalized spacial score (nSPS) is 10.7. The zero-order chi connectivity index (χ0) is 14.7. The lowest BCUT2D eigenvalue weighted by atomic mass is 10.2. The molecule has 0 aliphatic heterocycles. The first kappa shape index (κ1) is 13.9. The van der Waals surface area contributed by atoms with Crippen molar-refractivity contribution < 1.29 is 14.6 Å². The SMILES string of the molecule is CCOC(=O)c1cn(CCO)c(=O)c2cnc(N)nc12. The van der Waals surface area contributed by atoms with Gasteiger partial charge in [-0.15, -0.1) is 0 Å². The van der Waals surface area contributed by atoms with Crippen LogP contribution in [0.2, 0.25) is 0 Å². The fourth-order valence-electron chi connectivity index (χ4n) is 1.82. The van der Waals surface area contributed by atoms with Gasteiger partial charge in [-0.1, -0.05) is 0 Å². The Kier molecular flexibility index (Phi) is 3.94. The van der Waals surface area contributed by atoms with Gasteiger partial charge in [-0.2, -0.15) is 0 Å². The predicted molar refractivity (Wildman–Crippen MR) is 71.3 cm³/mol. The molecule has 0 atom stereocenters. The largest absolute Gasteiger partial charge is 0.462 e.